The molecular weight excluding hydrogens is 399 g/mol. The average Bonchev–Trinajstić information content (AvgIpc) is 2.70. The maximum absolute atomic E-state index is 13.7. The first-order valence-corrected chi connectivity index (χ1v) is 9.81. The monoisotopic (exact) mass is 425 g/mol. The molecule has 2 atom stereocenters. The van der Waals surface area contributed by atoms with Crippen LogP contribution in [0.5, 0.6) is 0 Å². The lowest BCUT2D eigenvalue weighted by molar-refractivity contribution is -0.222. The minimum Gasteiger partial charge on any atom is -0.481 e. The molecule has 1 heterocycles. The molecule has 0 aliphatic heterocycles. The van der Waals surface area contributed by atoms with Crippen molar-refractivity contribution in [3.8, 4) is 0 Å². The van der Waals surface area contributed by atoms with Crippen molar-refractivity contribution in [3.63, 3.8) is 0 Å². The van der Waals surface area contributed by atoms with Gasteiger partial charge in [0, 0.05) is 24.3 Å². The van der Waals surface area contributed by atoms with Crippen LogP contribution in [0.25, 0.3) is 0 Å². The lowest BCUT2D eigenvalue weighted by Crippen LogP contribution is -2.24. The number of nitrogens with zero attached hydrogens (tertiary/aromatic N) is 2. The quantitative estimate of drug-likeness (QED) is 0.531. The van der Waals surface area contributed by atoms with Gasteiger partial charge in [0.2, 0.25) is 0 Å². The zero-order chi connectivity index (χ0) is 22.3. The van der Waals surface area contributed by atoms with Gasteiger partial charge in [-0.2, -0.15) is 13.2 Å². The number of carboxylic acid groups (broad SMARTS) is 1. The Hall–Kier alpha value is -2.68. The number of aryl methyl sites for hydroxylation is 1. The number of ether oxygens (including phenoxy) is 1. The van der Waals surface area contributed by atoms with Gasteiger partial charge >= 0.3 is 12.1 Å². The normalized spacial score (nSPS) is 13.7. The number of halogens is 3. The second-order valence-electron chi connectivity index (χ2n) is 6.79. The van der Waals surface area contributed by atoms with Crippen molar-refractivity contribution in [3.05, 3.63) is 47.5 Å². The van der Waals surface area contributed by atoms with Crippen LogP contribution >= 0.6 is 0 Å². The second kappa shape index (κ2) is 10.4. The van der Waals surface area contributed by atoms with Gasteiger partial charge in [-0.25, -0.2) is 9.97 Å². The number of alkyl halides is 3. The molecule has 0 aliphatic carbocycles. The molecule has 0 unspecified atom stereocenters. The van der Waals surface area contributed by atoms with Crippen LogP contribution in [-0.4, -0.2) is 33.8 Å². The molecule has 2 rings (SSSR count). The number of hydrogen-bond donors (Lipinski definition) is 2. The van der Waals surface area contributed by atoms with E-state index in [0.717, 1.165) is 0 Å². The second-order valence-corrected chi connectivity index (χ2v) is 6.79. The molecule has 6 nitrogen and oxygen atoms in total. The van der Waals surface area contributed by atoms with Gasteiger partial charge in [-0.05, 0) is 30.9 Å². The lowest BCUT2D eigenvalue weighted by Gasteiger charge is -2.25. The van der Waals surface area contributed by atoms with Crippen LogP contribution in [0.2, 0.25) is 0 Å². The van der Waals surface area contributed by atoms with Crippen molar-refractivity contribution in [1.82, 2.24) is 9.97 Å². The number of carbonyl (C=O) groups is 1. The molecule has 30 heavy (non-hydrogen) atoms. The number of anilines is 2. The standard InChI is InChI=1S/C21H26F3N3O3/c1-4-13(10-19(28)29)14-7-8-16(20(30-6-3)21(22,23)24)17(9-14)27-15-11-25-18(5-2)26-12-15/h7-9,11-13,20,27H,4-6,10H2,1-3H3,(H,28,29)/t13-,20+/m0/s1. The highest BCUT2D eigenvalue weighted by molar-refractivity contribution is 5.69. The molecule has 0 radical (unpaired) electrons. The van der Waals surface area contributed by atoms with Gasteiger partial charge in [-0.1, -0.05) is 26.0 Å². The summed E-state index contributed by atoms with van der Waals surface area (Å²) in [4.78, 5) is 19.5. The van der Waals surface area contributed by atoms with Crippen LogP contribution in [0.15, 0.2) is 30.6 Å². The summed E-state index contributed by atoms with van der Waals surface area (Å²) in [5, 5.41) is 12.1. The van der Waals surface area contributed by atoms with E-state index in [1.54, 1.807) is 6.07 Å². The molecule has 0 bridgehead atoms. The van der Waals surface area contributed by atoms with E-state index in [0.29, 0.717) is 29.9 Å². The van der Waals surface area contributed by atoms with Crippen molar-refractivity contribution >= 4 is 17.3 Å². The fraction of sp³-hybridized carbons (Fsp3) is 0.476. The molecule has 0 spiro atoms. The first-order valence-electron chi connectivity index (χ1n) is 9.81. The zero-order valence-corrected chi connectivity index (χ0v) is 17.2. The summed E-state index contributed by atoms with van der Waals surface area (Å²) in [5.41, 5.74) is 1.15. The Morgan fingerprint density at radius 2 is 1.87 bits per heavy atom. The fourth-order valence-electron chi connectivity index (χ4n) is 3.16. The van der Waals surface area contributed by atoms with Crippen molar-refractivity contribution in [2.75, 3.05) is 11.9 Å². The fourth-order valence-corrected chi connectivity index (χ4v) is 3.16. The average molecular weight is 425 g/mol. The summed E-state index contributed by atoms with van der Waals surface area (Å²) < 4.78 is 46.0. The third-order valence-electron chi connectivity index (χ3n) is 4.68. The van der Waals surface area contributed by atoms with E-state index in [9.17, 15) is 18.0 Å². The highest BCUT2D eigenvalue weighted by Gasteiger charge is 2.43. The predicted molar refractivity (Wildman–Crippen MR) is 107 cm³/mol. The van der Waals surface area contributed by atoms with Crippen LogP contribution < -0.4 is 5.32 Å². The Balaban J connectivity index is 2.52. The summed E-state index contributed by atoms with van der Waals surface area (Å²) >= 11 is 0. The Bertz CT molecular complexity index is 842. The minimum atomic E-state index is -4.61. The topological polar surface area (TPSA) is 84.3 Å². The molecule has 2 N–H and O–H groups in total. The smallest absolute Gasteiger partial charge is 0.418 e. The largest absolute Gasteiger partial charge is 0.481 e. The predicted octanol–water partition coefficient (Wildman–Crippen LogP) is 5.39. The summed E-state index contributed by atoms with van der Waals surface area (Å²) in [5.74, 6) is -0.678. The van der Waals surface area contributed by atoms with Crippen molar-refractivity contribution in [2.45, 2.75) is 58.2 Å². The van der Waals surface area contributed by atoms with Crippen LogP contribution in [0.4, 0.5) is 24.5 Å². The SMILES string of the molecule is CCO[C@H](c1ccc([C@@H](CC)CC(=O)O)cc1Nc1cnc(CC)nc1)C(F)(F)F. The molecule has 2 aromatic rings. The van der Waals surface area contributed by atoms with Gasteiger partial charge in [0.05, 0.1) is 24.5 Å². The van der Waals surface area contributed by atoms with Gasteiger partial charge < -0.3 is 15.2 Å². The number of carboxylic acids is 1. The maximum atomic E-state index is 13.7. The van der Waals surface area contributed by atoms with Gasteiger partial charge in [0.1, 0.15) is 5.82 Å². The summed E-state index contributed by atoms with van der Waals surface area (Å²) in [6.07, 6.45) is -2.67. The molecule has 1 aromatic heterocycles. The number of aliphatic carboxylic acids is 1. The Morgan fingerprint density at radius 1 is 1.20 bits per heavy atom. The van der Waals surface area contributed by atoms with Crippen LogP contribution in [0, 0.1) is 0 Å². The maximum Gasteiger partial charge on any atom is 0.418 e. The summed E-state index contributed by atoms with van der Waals surface area (Å²) in [7, 11) is 0. The van der Waals surface area contributed by atoms with E-state index in [2.05, 4.69) is 15.3 Å². The summed E-state index contributed by atoms with van der Waals surface area (Å²) in [6.45, 7) is 5.12. The number of rotatable bonds is 10. The van der Waals surface area contributed by atoms with Crippen molar-refractivity contribution in [1.29, 1.82) is 0 Å². The van der Waals surface area contributed by atoms with Crippen molar-refractivity contribution < 1.29 is 27.8 Å². The van der Waals surface area contributed by atoms with Crippen LogP contribution in [0.3, 0.4) is 0 Å². The highest BCUT2D eigenvalue weighted by Crippen LogP contribution is 2.41. The Labute approximate surface area is 173 Å². The van der Waals surface area contributed by atoms with Gasteiger partial charge in [-0.15, -0.1) is 0 Å². The molecule has 9 heteroatoms. The third-order valence-corrected chi connectivity index (χ3v) is 4.68. The number of benzene rings is 1. The molecule has 0 amide bonds. The van der Waals surface area contributed by atoms with E-state index in [1.165, 1.54) is 31.5 Å². The summed E-state index contributed by atoms with van der Waals surface area (Å²) in [6, 6.07) is 4.43. The van der Waals surface area contributed by atoms with Gasteiger partial charge in [-0.3, -0.25) is 4.79 Å². The van der Waals surface area contributed by atoms with E-state index in [1.807, 2.05) is 13.8 Å². The van der Waals surface area contributed by atoms with E-state index >= 15 is 0 Å². The van der Waals surface area contributed by atoms with Gasteiger partial charge in [0.25, 0.3) is 0 Å². The van der Waals surface area contributed by atoms with Crippen LogP contribution in [-0.2, 0) is 16.0 Å². The Kier molecular flexibility index (Phi) is 8.16. The van der Waals surface area contributed by atoms with E-state index in [-0.39, 0.29) is 30.2 Å². The van der Waals surface area contributed by atoms with Gasteiger partial charge in [0.15, 0.2) is 6.10 Å². The van der Waals surface area contributed by atoms with Crippen molar-refractivity contribution in [2.24, 2.45) is 0 Å². The molecule has 0 fully saturated rings. The molecule has 164 valence electrons. The lowest BCUT2D eigenvalue weighted by atomic mass is 9.91. The zero-order valence-electron chi connectivity index (χ0n) is 17.2. The Morgan fingerprint density at radius 3 is 2.37 bits per heavy atom. The third kappa shape index (κ3) is 6.16. The van der Waals surface area contributed by atoms with E-state index < -0.39 is 18.2 Å². The minimum absolute atomic E-state index is 0.0853. The molecule has 0 aliphatic rings. The molecule has 0 saturated heterocycles. The molecule has 0 saturated carbocycles. The number of hydrogen-bond acceptors (Lipinski definition) is 5. The number of aromatic nitrogens is 2. The molecular formula is C21H26F3N3O3. The van der Waals surface area contributed by atoms with Crippen LogP contribution in [0.1, 0.15) is 62.6 Å². The van der Waals surface area contributed by atoms with E-state index in [4.69, 9.17) is 9.84 Å². The molecule has 1 aromatic carbocycles. The number of nitrogens with one attached hydrogen (secondary N) is 1. The first-order chi connectivity index (χ1) is 14.2. The highest BCUT2D eigenvalue weighted by atomic mass is 19.4. The first kappa shape index (κ1) is 23.6.